The molecule has 0 atom stereocenters. The lowest BCUT2D eigenvalue weighted by Gasteiger charge is -2.22. The molecule has 1 N–H and O–H groups in total. The minimum atomic E-state index is -0.675. The van der Waals surface area contributed by atoms with Gasteiger partial charge in [0.25, 0.3) is 5.89 Å². The zero-order valence-electron chi connectivity index (χ0n) is 20.5. The van der Waals surface area contributed by atoms with E-state index in [0.29, 0.717) is 28.5 Å². The zero-order valence-corrected chi connectivity index (χ0v) is 20.5. The van der Waals surface area contributed by atoms with Gasteiger partial charge >= 0.3 is 5.97 Å². The van der Waals surface area contributed by atoms with Crippen molar-refractivity contribution in [3.63, 3.8) is 0 Å². The number of carbonyl (C=O) groups excluding carboxylic acids is 2. The number of nitrogens with one attached hydrogen (secondary N) is 1. The standard InChI is InChI=1S/C26H29N3O7/c1-32-18-11-9-17(10-12-18)25-28-23(29-36-25)15-35-26(31)19-13-21(33-2)22(34-3)14-20(19)27-24(30)16-7-5-4-6-8-16/h9-14,16H,4-8,15H2,1-3H3,(H,27,30). The third kappa shape index (κ3) is 5.76. The Balaban J connectivity index is 1.49. The lowest BCUT2D eigenvalue weighted by molar-refractivity contribution is -0.120. The van der Waals surface area contributed by atoms with Gasteiger partial charge in [0.15, 0.2) is 18.1 Å². The van der Waals surface area contributed by atoms with Crippen LogP contribution in [0, 0.1) is 5.92 Å². The molecule has 0 spiro atoms. The average Bonchev–Trinajstić information content (AvgIpc) is 3.41. The number of benzene rings is 2. The first-order valence-electron chi connectivity index (χ1n) is 11.7. The van der Waals surface area contributed by atoms with E-state index < -0.39 is 5.97 Å². The van der Waals surface area contributed by atoms with E-state index in [0.717, 1.165) is 32.1 Å². The Bertz CT molecular complexity index is 1200. The van der Waals surface area contributed by atoms with Gasteiger partial charge < -0.3 is 28.8 Å². The molecule has 190 valence electrons. The highest BCUT2D eigenvalue weighted by molar-refractivity contribution is 6.02. The number of ether oxygens (including phenoxy) is 4. The molecule has 1 heterocycles. The second-order valence-corrected chi connectivity index (χ2v) is 8.40. The van der Waals surface area contributed by atoms with E-state index in [1.807, 2.05) is 0 Å². The molecule has 1 amide bonds. The van der Waals surface area contributed by atoms with Crippen molar-refractivity contribution in [2.45, 2.75) is 38.7 Å². The predicted molar refractivity (Wildman–Crippen MR) is 130 cm³/mol. The van der Waals surface area contributed by atoms with Gasteiger partial charge in [0.1, 0.15) is 5.75 Å². The molecule has 2 aromatic carbocycles. The number of hydrogen-bond acceptors (Lipinski definition) is 9. The molecule has 0 aliphatic heterocycles. The minimum absolute atomic E-state index is 0.0913. The van der Waals surface area contributed by atoms with Crippen LogP contribution in [-0.4, -0.2) is 43.3 Å². The minimum Gasteiger partial charge on any atom is -0.497 e. The van der Waals surface area contributed by atoms with Gasteiger partial charge in [-0.3, -0.25) is 4.79 Å². The average molecular weight is 496 g/mol. The number of methoxy groups -OCH3 is 3. The molecule has 3 aromatic rings. The number of rotatable bonds is 9. The summed E-state index contributed by atoms with van der Waals surface area (Å²) in [6.45, 7) is -0.219. The Morgan fingerprint density at radius 2 is 1.67 bits per heavy atom. The first-order valence-corrected chi connectivity index (χ1v) is 11.7. The van der Waals surface area contributed by atoms with E-state index in [9.17, 15) is 9.59 Å². The number of esters is 1. The molecule has 10 heteroatoms. The van der Waals surface area contributed by atoms with Crippen molar-refractivity contribution < 1.29 is 33.1 Å². The molecule has 1 fully saturated rings. The summed E-state index contributed by atoms with van der Waals surface area (Å²) in [6, 6.07) is 10.2. The summed E-state index contributed by atoms with van der Waals surface area (Å²) in [6.07, 6.45) is 4.82. The van der Waals surface area contributed by atoms with Crippen LogP contribution in [0.3, 0.4) is 0 Å². The topological polar surface area (TPSA) is 122 Å². The van der Waals surface area contributed by atoms with Gasteiger partial charge in [0.05, 0.1) is 32.6 Å². The molecule has 1 saturated carbocycles. The van der Waals surface area contributed by atoms with Gasteiger partial charge in [-0.2, -0.15) is 4.98 Å². The Morgan fingerprint density at radius 1 is 0.972 bits per heavy atom. The SMILES string of the molecule is COc1ccc(-c2nc(COC(=O)c3cc(OC)c(OC)cc3NC(=O)C3CCCCC3)no2)cc1. The molecule has 1 aliphatic carbocycles. The monoisotopic (exact) mass is 495 g/mol. The van der Waals surface area contributed by atoms with Crippen LogP contribution in [0.25, 0.3) is 11.5 Å². The van der Waals surface area contributed by atoms with Crippen molar-refractivity contribution in [2.24, 2.45) is 5.92 Å². The fourth-order valence-electron chi connectivity index (χ4n) is 4.12. The number of hydrogen-bond donors (Lipinski definition) is 1. The van der Waals surface area contributed by atoms with Crippen molar-refractivity contribution in [3.8, 4) is 28.7 Å². The van der Waals surface area contributed by atoms with Crippen molar-refractivity contribution in [1.82, 2.24) is 10.1 Å². The summed E-state index contributed by atoms with van der Waals surface area (Å²) < 4.78 is 26.6. The summed E-state index contributed by atoms with van der Waals surface area (Å²) in [5, 5.41) is 6.77. The smallest absolute Gasteiger partial charge is 0.340 e. The lowest BCUT2D eigenvalue weighted by atomic mass is 9.88. The molecular weight excluding hydrogens is 466 g/mol. The van der Waals surface area contributed by atoms with E-state index in [2.05, 4.69) is 15.5 Å². The number of amides is 1. The van der Waals surface area contributed by atoms with Gasteiger partial charge in [-0.1, -0.05) is 24.4 Å². The summed E-state index contributed by atoms with van der Waals surface area (Å²) in [5.41, 5.74) is 1.13. The van der Waals surface area contributed by atoms with Crippen LogP contribution >= 0.6 is 0 Å². The maximum absolute atomic E-state index is 13.0. The van der Waals surface area contributed by atoms with Crippen molar-refractivity contribution in [1.29, 1.82) is 0 Å². The largest absolute Gasteiger partial charge is 0.497 e. The maximum Gasteiger partial charge on any atom is 0.340 e. The summed E-state index contributed by atoms with van der Waals surface area (Å²) in [5.74, 6) is 1.01. The molecule has 0 radical (unpaired) electrons. The van der Waals surface area contributed by atoms with Gasteiger partial charge in [-0.05, 0) is 37.1 Å². The highest BCUT2D eigenvalue weighted by atomic mass is 16.5. The molecule has 4 rings (SSSR count). The summed E-state index contributed by atoms with van der Waals surface area (Å²) in [4.78, 5) is 30.2. The van der Waals surface area contributed by atoms with Crippen LogP contribution in [0.5, 0.6) is 17.2 Å². The highest BCUT2D eigenvalue weighted by Crippen LogP contribution is 2.35. The van der Waals surface area contributed by atoms with Crippen LogP contribution in [0.4, 0.5) is 5.69 Å². The number of nitrogens with zero attached hydrogens (tertiary/aromatic N) is 2. The molecule has 1 aliphatic rings. The Kier molecular flexibility index (Phi) is 8.04. The quantitative estimate of drug-likeness (QED) is 0.423. The van der Waals surface area contributed by atoms with Gasteiger partial charge in [-0.25, -0.2) is 4.79 Å². The van der Waals surface area contributed by atoms with Crippen molar-refractivity contribution >= 4 is 17.6 Å². The molecule has 10 nitrogen and oxygen atoms in total. The zero-order chi connectivity index (χ0) is 25.5. The van der Waals surface area contributed by atoms with Crippen LogP contribution < -0.4 is 19.5 Å². The van der Waals surface area contributed by atoms with E-state index in [1.165, 1.54) is 20.3 Å². The van der Waals surface area contributed by atoms with E-state index in [4.69, 9.17) is 23.5 Å². The van der Waals surface area contributed by atoms with Crippen LogP contribution in [0.1, 0.15) is 48.3 Å². The van der Waals surface area contributed by atoms with Gasteiger partial charge in [-0.15, -0.1) is 0 Å². The predicted octanol–water partition coefficient (Wildman–Crippen LogP) is 4.64. The number of aromatic nitrogens is 2. The third-order valence-corrected chi connectivity index (χ3v) is 6.11. The maximum atomic E-state index is 13.0. The Labute approximate surface area is 208 Å². The van der Waals surface area contributed by atoms with E-state index >= 15 is 0 Å². The fraction of sp³-hybridized carbons (Fsp3) is 0.385. The highest BCUT2D eigenvalue weighted by Gasteiger charge is 2.25. The fourth-order valence-corrected chi connectivity index (χ4v) is 4.12. The van der Waals surface area contributed by atoms with E-state index in [-0.39, 0.29) is 35.7 Å². The van der Waals surface area contributed by atoms with Crippen molar-refractivity contribution in [3.05, 3.63) is 47.8 Å². The number of anilines is 1. The molecule has 1 aromatic heterocycles. The van der Waals surface area contributed by atoms with Crippen LogP contribution in [-0.2, 0) is 16.1 Å². The normalized spacial score (nSPS) is 13.6. The summed E-state index contributed by atoms with van der Waals surface area (Å²) in [7, 11) is 4.53. The van der Waals surface area contributed by atoms with Gasteiger partial charge in [0, 0.05) is 23.6 Å². The van der Waals surface area contributed by atoms with Gasteiger partial charge in [0.2, 0.25) is 11.7 Å². The van der Waals surface area contributed by atoms with Crippen molar-refractivity contribution in [2.75, 3.05) is 26.6 Å². The first-order chi connectivity index (χ1) is 17.5. The van der Waals surface area contributed by atoms with Crippen LogP contribution in [0.2, 0.25) is 0 Å². The second kappa shape index (κ2) is 11.6. The Morgan fingerprint density at radius 3 is 2.33 bits per heavy atom. The lowest BCUT2D eigenvalue weighted by Crippen LogP contribution is -2.26. The summed E-state index contributed by atoms with van der Waals surface area (Å²) >= 11 is 0. The molecule has 0 bridgehead atoms. The Hall–Kier alpha value is -4.08. The first kappa shape index (κ1) is 25.0. The number of carbonyl (C=O) groups is 2. The van der Waals surface area contributed by atoms with E-state index in [1.54, 1.807) is 37.4 Å². The molecular formula is C26H29N3O7. The molecule has 0 unspecified atom stereocenters. The second-order valence-electron chi connectivity index (χ2n) is 8.40. The molecule has 36 heavy (non-hydrogen) atoms. The molecule has 0 saturated heterocycles. The third-order valence-electron chi connectivity index (χ3n) is 6.11. The van der Waals surface area contributed by atoms with Crippen LogP contribution in [0.15, 0.2) is 40.9 Å².